The topological polar surface area (TPSA) is 67.4 Å². The van der Waals surface area contributed by atoms with E-state index in [1.807, 2.05) is 0 Å². The maximum Gasteiger partial charge on any atom is 0.223 e. The van der Waals surface area contributed by atoms with E-state index in [4.69, 9.17) is 27.9 Å². The van der Waals surface area contributed by atoms with Gasteiger partial charge >= 0.3 is 0 Å². The van der Waals surface area contributed by atoms with E-state index in [0.29, 0.717) is 28.8 Å². The molecule has 0 spiro atoms. The van der Waals surface area contributed by atoms with Crippen LogP contribution in [0.15, 0.2) is 18.2 Å². The summed E-state index contributed by atoms with van der Waals surface area (Å²) < 4.78 is 5.45. The van der Waals surface area contributed by atoms with Gasteiger partial charge in [-0.05, 0) is 25.0 Å². The van der Waals surface area contributed by atoms with Gasteiger partial charge in [0.25, 0.3) is 0 Å². The Balaban J connectivity index is 1.67. The molecule has 0 aromatic heterocycles. The first-order valence-corrected chi connectivity index (χ1v) is 7.94. The van der Waals surface area contributed by atoms with Gasteiger partial charge in [0.1, 0.15) is 5.75 Å². The van der Waals surface area contributed by atoms with Gasteiger partial charge in [0.2, 0.25) is 11.8 Å². The summed E-state index contributed by atoms with van der Waals surface area (Å²) in [7, 11) is 0. The normalized spacial score (nSPS) is 17.7. The first-order valence-electron chi connectivity index (χ1n) is 7.18. The summed E-state index contributed by atoms with van der Waals surface area (Å²) in [6.45, 7) is 0.658. The summed E-state index contributed by atoms with van der Waals surface area (Å²) in [4.78, 5) is 23.0. The number of hydrogen-bond acceptors (Lipinski definition) is 3. The molecule has 0 saturated carbocycles. The van der Waals surface area contributed by atoms with E-state index in [1.165, 1.54) is 0 Å². The van der Waals surface area contributed by atoms with Gasteiger partial charge in [0.15, 0.2) is 0 Å². The average molecular weight is 345 g/mol. The highest BCUT2D eigenvalue weighted by Gasteiger charge is 2.18. The number of carbonyl (C=O) groups is 2. The number of piperidine rings is 1. The van der Waals surface area contributed by atoms with Crippen LogP contribution in [-0.4, -0.2) is 31.0 Å². The van der Waals surface area contributed by atoms with Crippen LogP contribution in [-0.2, 0) is 9.59 Å². The van der Waals surface area contributed by atoms with Crippen molar-refractivity contribution in [3.63, 3.8) is 0 Å². The lowest BCUT2D eigenvalue weighted by molar-refractivity contribution is -0.125. The lowest BCUT2D eigenvalue weighted by atomic mass is 10.0. The van der Waals surface area contributed by atoms with E-state index in [0.717, 1.165) is 12.8 Å². The van der Waals surface area contributed by atoms with Crippen molar-refractivity contribution in [1.82, 2.24) is 10.6 Å². The number of rotatable bonds is 6. The summed E-state index contributed by atoms with van der Waals surface area (Å²) in [6, 6.07) is 4.94. The minimum atomic E-state index is -0.127. The Kier molecular flexibility index (Phi) is 6.34. The predicted octanol–water partition coefficient (Wildman–Crippen LogP) is 2.55. The summed E-state index contributed by atoms with van der Waals surface area (Å²) in [5, 5.41) is 6.62. The monoisotopic (exact) mass is 344 g/mol. The molecule has 1 aliphatic rings. The van der Waals surface area contributed by atoms with Crippen LogP contribution in [0.2, 0.25) is 10.0 Å². The van der Waals surface area contributed by atoms with E-state index < -0.39 is 0 Å². The molecule has 1 aromatic carbocycles. The zero-order valence-corrected chi connectivity index (χ0v) is 13.5. The van der Waals surface area contributed by atoms with Crippen LogP contribution in [0.4, 0.5) is 0 Å². The van der Waals surface area contributed by atoms with Crippen LogP contribution in [0.25, 0.3) is 0 Å². The molecule has 0 bridgehead atoms. The lowest BCUT2D eigenvalue weighted by Gasteiger charge is -2.23. The zero-order chi connectivity index (χ0) is 15.9. The number of nitrogens with one attached hydrogen (secondary N) is 2. The quantitative estimate of drug-likeness (QED) is 0.833. The fourth-order valence-corrected chi connectivity index (χ4v) is 2.54. The summed E-state index contributed by atoms with van der Waals surface area (Å²) in [6.07, 6.45) is 2.53. The molecule has 0 unspecified atom stereocenters. The Labute approximate surface area is 139 Å². The zero-order valence-electron chi connectivity index (χ0n) is 12.0. The van der Waals surface area contributed by atoms with Crippen molar-refractivity contribution in [2.75, 3.05) is 13.2 Å². The van der Waals surface area contributed by atoms with E-state index in [2.05, 4.69) is 10.6 Å². The van der Waals surface area contributed by atoms with Crippen LogP contribution >= 0.6 is 23.2 Å². The van der Waals surface area contributed by atoms with Crippen molar-refractivity contribution in [3.8, 4) is 5.75 Å². The van der Waals surface area contributed by atoms with Crippen LogP contribution in [0.1, 0.15) is 25.7 Å². The lowest BCUT2D eigenvalue weighted by Crippen LogP contribution is -2.46. The minimum Gasteiger partial charge on any atom is -0.491 e. The van der Waals surface area contributed by atoms with Crippen molar-refractivity contribution in [1.29, 1.82) is 0 Å². The van der Waals surface area contributed by atoms with Gasteiger partial charge in [-0.1, -0.05) is 23.2 Å². The van der Waals surface area contributed by atoms with Crippen LogP contribution < -0.4 is 15.4 Å². The Morgan fingerprint density at radius 1 is 1.41 bits per heavy atom. The molecule has 0 radical (unpaired) electrons. The fourth-order valence-electron chi connectivity index (χ4n) is 2.20. The number of benzene rings is 1. The smallest absolute Gasteiger partial charge is 0.223 e. The molecular formula is C15H18Cl2N2O3. The molecule has 1 heterocycles. The van der Waals surface area contributed by atoms with Crippen LogP contribution in [0, 0.1) is 0 Å². The molecular weight excluding hydrogens is 327 g/mol. The molecule has 1 fully saturated rings. The number of halogens is 2. The van der Waals surface area contributed by atoms with Crippen molar-refractivity contribution < 1.29 is 14.3 Å². The molecule has 1 atom stereocenters. The van der Waals surface area contributed by atoms with E-state index in [1.54, 1.807) is 18.2 Å². The molecule has 22 heavy (non-hydrogen) atoms. The summed E-state index contributed by atoms with van der Waals surface area (Å²) in [5.74, 6) is 0.379. The first-order chi connectivity index (χ1) is 10.5. The van der Waals surface area contributed by atoms with Crippen molar-refractivity contribution in [2.24, 2.45) is 0 Å². The molecule has 5 nitrogen and oxygen atoms in total. The van der Waals surface area contributed by atoms with Crippen molar-refractivity contribution in [3.05, 3.63) is 28.2 Å². The second-order valence-electron chi connectivity index (χ2n) is 5.13. The molecule has 120 valence electrons. The molecule has 1 saturated heterocycles. The highest BCUT2D eigenvalue weighted by Crippen LogP contribution is 2.27. The third-order valence-corrected chi connectivity index (χ3v) is 3.89. The van der Waals surface area contributed by atoms with Gasteiger partial charge < -0.3 is 15.4 Å². The van der Waals surface area contributed by atoms with E-state index >= 15 is 0 Å². The average Bonchev–Trinajstić information content (AvgIpc) is 2.49. The number of ether oxygens (including phenoxy) is 1. The van der Waals surface area contributed by atoms with Crippen LogP contribution in [0.3, 0.4) is 0 Å². The van der Waals surface area contributed by atoms with E-state index in [9.17, 15) is 9.59 Å². The van der Waals surface area contributed by atoms with Crippen LogP contribution in [0.5, 0.6) is 5.75 Å². The third kappa shape index (κ3) is 5.39. The molecule has 2 amide bonds. The molecule has 1 aliphatic heterocycles. The SMILES string of the molecule is O=C(CCOc1cc(Cl)ccc1Cl)NC[C@H]1CCCC(=O)N1. The van der Waals surface area contributed by atoms with Crippen molar-refractivity contribution in [2.45, 2.75) is 31.7 Å². The van der Waals surface area contributed by atoms with Crippen molar-refractivity contribution >= 4 is 35.0 Å². The van der Waals surface area contributed by atoms with Gasteiger partial charge in [-0.25, -0.2) is 0 Å². The number of carbonyl (C=O) groups excluding carboxylic acids is 2. The standard InChI is InChI=1S/C15H18Cl2N2O3/c16-10-4-5-12(17)13(8-10)22-7-6-14(20)18-9-11-2-1-3-15(21)19-11/h4-5,8,11H,1-3,6-7,9H2,(H,18,20)(H,19,21)/t11-/m1/s1. The predicted molar refractivity (Wildman–Crippen MR) is 85.4 cm³/mol. The summed E-state index contributed by atoms with van der Waals surface area (Å²) >= 11 is 11.8. The second kappa shape index (κ2) is 8.25. The molecule has 2 rings (SSSR count). The Morgan fingerprint density at radius 3 is 3.00 bits per heavy atom. The maximum atomic E-state index is 11.7. The highest BCUT2D eigenvalue weighted by atomic mass is 35.5. The molecule has 7 heteroatoms. The van der Waals surface area contributed by atoms with Gasteiger partial charge in [-0.15, -0.1) is 0 Å². The first kappa shape index (κ1) is 16.9. The Morgan fingerprint density at radius 2 is 2.23 bits per heavy atom. The van der Waals surface area contributed by atoms with Gasteiger partial charge in [-0.3, -0.25) is 9.59 Å². The molecule has 0 aliphatic carbocycles. The maximum absolute atomic E-state index is 11.7. The minimum absolute atomic E-state index is 0.0218. The van der Waals surface area contributed by atoms with E-state index in [-0.39, 0.29) is 30.9 Å². The Hall–Kier alpha value is -1.46. The summed E-state index contributed by atoms with van der Waals surface area (Å²) in [5.41, 5.74) is 0. The fraction of sp³-hybridized carbons (Fsp3) is 0.467. The Bertz CT molecular complexity index is 552. The van der Waals surface area contributed by atoms with Gasteiger partial charge in [-0.2, -0.15) is 0 Å². The van der Waals surface area contributed by atoms with Gasteiger partial charge in [0, 0.05) is 30.1 Å². The number of amides is 2. The second-order valence-corrected chi connectivity index (χ2v) is 5.98. The largest absolute Gasteiger partial charge is 0.491 e. The van der Waals surface area contributed by atoms with Gasteiger partial charge in [0.05, 0.1) is 18.1 Å². The molecule has 1 aromatic rings. The third-order valence-electron chi connectivity index (χ3n) is 3.35. The molecule has 2 N–H and O–H groups in total. The highest BCUT2D eigenvalue weighted by molar-refractivity contribution is 6.34. The number of hydrogen-bond donors (Lipinski definition) is 2.